The maximum Gasteiger partial charge on any atom is 0.254 e. The Kier molecular flexibility index (Phi) is 5.25. The first-order valence-electron chi connectivity index (χ1n) is 8.76. The lowest BCUT2D eigenvalue weighted by Crippen LogP contribution is -2.48. The van der Waals surface area contributed by atoms with Gasteiger partial charge in [0, 0.05) is 45.5 Å². The molecule has 1 amide bonds. The minimum Gasteiger partial charge on any atom is -0.352 e. The van der Waals surface area contributed by atoms with Crippen molar-refractivity contribution in [2.45, 2.75) is 11.1 Å². The van der Waals surface area contributed by atoms with Gasteiger partial charge in [0.15, 0.2) is 21.0 Å². The lowest BCUT2D eigenvalue weighted by Gasteiger charge is -2.34. The second-order valence-corrected chi connectivity index (χ2v) is 9.45. The van der Waals surface area contributed by atoms with E-state index >= 15 is 0 Å². The molecule has 0 atom stereocenters. The number of sulfonamides is 1. The third-order valence-corrected chi connectivity index (χ3v) is 7.55. The number of hydrogen-bond donors (Lipinski definition) is 1. The second-order valence-electron chi connectivity index (χ2n) is 6.26. The third kappa shape index (κ3) is 4.11. The van der Waals surface area contributed by atoms with Crippen LogP contribution in [0, 0.1) is 0 Å². The smallest absolute Gasteiger partial charge is 0.254 e. The number of amides is 1. The molecule has 11 nitrogen and oxygen atoms in total. The summed E-state index contributed by atoms with van der Waals surface area (Å²) in [7, 11) is -3.66. The molecule has 3 aromatic heterocycles. The van der Waals surface area contributed by atoms with Crippen LogP contribution < -0.4 is 10.2 Å². The van der Waals surface area contributed by atoms with Crippen LogP contribution in [0.5, 0.6) is 0 Å². The minimum atomic E-state index is -3.66. The van der Waals surface area contributed by atoms with Crippen LogP contribution in [-0.4, -0.2) is 69.8 Å². The predicted molar refractivity (Wildman–Crippen MR) is 107 cm³/mol. The summed E-state index contributed by atoms with van der Waals surface area (Å²) in [6, 6.07) is 5.47. The number of nitrogens with one attached hydrogen (secondary N) is 1. The van der Waals surface area contributed by atoms with Gasteiger partial charge in [0.2, 0.25) is 5.91 Å². The van der Waals surface area contributed by atoms with E-state index in [9.17, 15) is 13.2 Å². The van der Waals surface area contributed by atoms with Gasteiger partial charge in [-0.2, -0.15) is 9.40 Å². The Morgan fingerprint density at radius 2 is 1.86 bits per heavy atom. The van der Waals surface area contributed by atoms with E-state index in [1.54, 1.807) is 23.1 Å². The molecule has 1 aliphatic rings. The normalized spacial score (nSPS) is 15.4. The van der Waals surface area contributed by atoms with Crippen molar-refractivity contribution in [1.82, 2.24) is 29.3 Å². The number of anilines is 2. The second kappa shape index (κ2) is 7.85. The molecule has 152 valence electrons. The third-order valence-electron chi connectivity index (χ3n) is 4.30. The van der Waals surface area contributed by atoms with Gasteiger partial charge in [0.25, 0.3) is 10.0 Å². The molecule has 0 aromatic carbocycles. The fourth-order valence-corrected chi connectivity index (χ4v) is 5.54. The number of carbonyl (C=O) groups excluding carboxylic acids is 1. The molecular formula is C16H18N8O3S2. The SMILES string of the molecule is CC(=O)Nc1ncc(S(=O)(=O)N2CCN(c3ccc(-n4cccn4)nn3)CC2)s1. The van der Waals surface area contributed by atoms with Gasteiger partial charge in [-0.25, -0.2) is 18.1 Å². The topological polar surface area (TPSA) is 126 Å². The Morgan fingerprint density at radius 3 is 2.48 bits per heavy atom. The van der Waals surface area contributed by atoms with Crippen LogP contribution in [0.1, 0.15) is 6.92 Å². The first kappa shape index (κ1) is 19.4. The molecule has 0 radical (unpaired) electrons. The Morgan fingerprint density at radius 1 is 1.14 bits per heavy atom. The van der Waals surface area contributed by atoms with Crippen LogP contribution in [0.15, 0.2) is 41.0 Å². The van der Waals surface area contributed by atoms with Crippen LogP contribution in [0.25, 0.3) is 5.82 Å². The fourth-order valence-electron chi connectivity index (χ4n) is 2.89. The molecule has 29 heavy (non-hydrogen) atoms. The summed E-state index contributed by atoms with van der Waals surface area (Å²) < 4.78 is 28.8. The molecule has 1 fully saturated rings. The van der Waals surface area contributed by atoms with Crippen LogP contribution in [0.2, 0.25) is 0 Å². The van der Waals surface area contributed by atoms with Crippen LogP contribution in [0.4, 0.5) is 10.9 Å². The number of nitrogens with zero attached hydrogens (tertiary/aromatic N) is 7. The van der Waals surface area contributed by atoms with Crippen LogP contribution >= 0.6 is 11.3 Å². The van der Waals surface area contributed by atoms with E-state index in [-0.39, 0.29) is 15.2 Å². The fraction of sp³-hybridized carbons (Fsp3) is 0.312. The standard InChI is InChI=1S/C16H18N8O3S2/c1-12(25)19-16-17-11-15(28-16)29(26,27)23-9-7-22(8-10-23)13-3-4-14(21-20-13)24-6-2-5-18-24/h2-6,11H,7-10H2,1H3,(H,17,19,25). The highest BCUT2D eigenvalue weighted by Gasteiger charge is 2.30. The van der Waals surface area contributed by atoms with Gasteiger partial charge in [-0.3, -0.25) is 4.79 Å². The first-order chi connectivity index (χ1) is 13.9. The molecule has 0 spiro atoms. The van der Waals surface area contributed by atoms with Gasteiger partial charge < -0.3 is 10.2 Å². The lowest BCUT2D eigenvalue weighted by molar-refractivity contribution is -0.114. The van der Waals surface area contributed by atoms with E-state index < -0.39 is 10.0 Å². The van der Waals surface area contributed by atoms with Gasteiger partial charge in [0.1, 0.15) is 0 Å². The number of thiazole rings is 1. The summed E-state index contributed by atoms with van der Waals surface area (Å²) in [5.74, 6) is 1.00. The molecule has 0 bridgehead atoms. The van der Waals surface area contributed by atoms with Gasteiger partial charge >= 0.3 is 0 Å². The van der Waals surface area contributed by atoms with Gasteiger partial charge in [-0.05, 0) is 18.2 Å². The Bertz CT molecular complexity index is 1090. The zero-order chi connectivity index (χ0) is 20.4. The van der Waals surface area contributed by atoms with Crippen molar-refractivity contribution in [2.24, 2.45) is 0 Å². The molecule has 1 N–H and O–H groups in total. The van der Waals surface area contributed by atoms with Crippen molar-refractivity contribution in [3.63, 3.8) is 0 Å². The minimum absolute atomic E-state index is 0.109. The molecule has 0 unspecified atom stereocenters. The number of piperazine rings is 1. The van der Waals surface area contributed by atoms with E-state index in [1.165, 1.54) is 17.4 Å². The van der Waals surface area contributed by atoms with Crippen molar-refractivity contribution in [3.05, 3.63) is 36.8 Å². The predicted octanol–water partition coefficient (Wildman–Crippen LogP) is 0.588. The summed E-state index contributed by atoms with van der Waals surface area (Å²) in [6.45, 7) is 2.97. The van der Waals surface area contributed by atoms with E-state index in [1.807, 2.05) is 17.0 Å². The molecule has 3 aromatic rings. The summed E-state index contributed by atoms with van der Waals surface area (Å²) in [5.41, 5.74) is 0. The van der Waals surface area contributed by atoms with Crippen LogP contribution in [0.3, 0.4) is 0 Å². The molecule has 4 heterocycles. The van der Waals surface area contributed by atoms with Crippen LogP contribution in [-0.2, 0) is 14.8 Å². The Hall–Kier alpha value is -2.90. The monoisotopic (exact) mass is 434 g/mol. The van der Waals surface area contributed by atoms with Gasteiger partial charge in [0.05, 0.1) is 6.20 Å². The van der Waals surface area contributed by atoms with E-state index in [0.717, 1.165) is 11.3 Å². The number of aromatic nitrogens is 5. The first-order valence-corrected chi connectivity index (χ1v) is 11.0. The summed E-state index contributed by atoms with van der Waals surface area (Å²) >= 11 is 0.942. The number of hydrogen-bond acceptors (Lipinski definition) is 9. The summed E-state index contributed by atoms with van der Waals surface area (Å²) in [6.07, 6.45) is 4.72. The quantitative estimate of drug-likeness (QED) is 0.618. The van der Waals surface area contributed by atoms with Crippen molar-refractivity contribution in [3.8, 4) is 5.82 Å². The van der Waals surface area contributed by atoms with Gasteiger partial charge in [-0.1, -0.05) is 11.3 Å². The van der Waals surface area contributed by atoms with Crippen molar-refractivity contribution in [1.29, 1.82) is 0 Å². The zero-order valence-corrected chi connectivity index (χ0v) is 17.1. The number of rotatable bonds is 5. The molecule has 4 rings (SSSR count). The molecular weight excluding hydrogens is 416 g/mol. The summed E-state index contributed by atoms with van der Waals surface area (Å²) in [5, 5.41) is 15.3. The maximum absolute atomic E-state index is 12.8. The van der Waals surface area contributed by atoms with E-state index in [2.05, 4.69) is 25.6 Å². The Balaban J connectivity index is 1.41. The molecule has 1 aliphatic heterocycles. The highest BCUT2D eigenvalue weighted by molar-refractivity contribution is 7.91. The molecule has 1 saturated heterocycles. The zero-order valence-electron chi connectivity index (χ0n) is 15.5. The van der Waals surface area contributed by atoms with E-state index in [4.69, 9.17) is 0 Å². The van der Waals surface area contributed by atoms with Crippen molar-refractivity contribution >= 4 is 38.2 Å². The maximum atomic E-state index is 12.8. The van der Waals surface area contributed by atoms with E-state index in [0.29, 0.717) is 37.8 Å². The number of carbonyl (C=O) groups is 1. The molecule has 0 saturated carbocycles. The summed E-state index contributed by atoms with van der Waals surface area (Å²) in [4.78, 5) is 17.0. The van der Waals surface area contributed by atoms with Crippen molar-refractivity contribution < 1.29 is 13.2 Å². The van der Waals surface area contributed by atoms with Gasteiger partial charge in [-0.15, -0.1) is 10.2 Å². The largest absolute Gasteiger partial charge is 0.352 e. The Labute approximate surface area is 171 Å². The average Bonchev–Trinajstić information content (AvgIpc) is 3.40. The molecule has 0 aliphatic carbocycles. The average molecular weight is 435 g/mol. The lowest BCUT2D eigenvalue weighted by atomic mass is 10.3. The molecule has 13 heteroatoms. The highest BCUT2D eigenvalue weighted by atomic mass is 32.2. The van der Waals surface area contributed by atoms with Crippen molar-refractivity contribution in [2.75, 3.05) is 36.4 Å². The highest BCUT2D eigenvalue weighted by Crippen LogP contribution is 2.27.